The number of nitrogens with zero attached hydrogens (tertiary/aromatic N) is 1. The minimum Gasteiger partial charge on any atom is -0.355 e. The van der Waals surface area contributed by atoms with Crippen molar-refractivity contribution in [2.45, 2.75) is 25.8 Å². The van der Waals surface area contributed by atoms with E-state index in [0.29, 0.717) is 36.5 Å². The number of nitrogens with one attached hydrogen (secondary N) is 3. The van der Waals surface area contributed by atoms with Crippen LogP contribution >= 0.6 is 11.6 Å². The minimum absolute atomic E-state index is 0.0204. The van der Waals surface area contributed by atoms with E-state index in [1.807, 2.05) is 24.3 Å². The molecule has 1 aromatic rings. The molecule has 24 heavy (non-hydrogen) atoms. The fraction of sp³-hybridized carbons (Fsp3) is 0.562. The van der Waals surface area contributed by atoms with Crippen molar-refractivity contribution in [3.63, 3.8) is 0 Å². The maximum absolute atomic E-state index is 11.9. The number of halogens is 1. The summed E-state index contributed by atoms with van der Waals surface area (Å²) in [6, 6.07) is 7.55. The Kier molecular flexibility index (Phi) is 7.33. The summed E-state index contributed by atoms with van der Waals surface area (Å²) in [5.41, 5.74) is 0.955. The van der Waals surface area contributed by atoms with Crippen LogP contribution in [-0.2, 0) is 16.6 Å². The van der Waals surface area contributed by atoms with Crippen LogP contribution in [-0.4, -0.2) is 40.3 Å². The highest BCUT2D eigenvalue weighted by atomic mass is 35.5. The maximum Gasteiger partial charge on any atom is 0.213 e. The van der Waals surface area contributed by atoms with E-state index in [0.717, 1.165) is 18.4 Å². The van der Waals surface area contributed by atoms with Crippen LogP contribution in [0.15, 0.2) is 29.3 Å². The largest absolute Gasteiger partial charge is 0.355 e. The normalized spacial score (nSPS) is 15.8. The molecule has 1 aliphatic carbocycles. The number of hydrogen-bond donors (Lipinski definition) is 3. The lowest BCUT2D eigenvalue weighted by molar-refractivity contribution is 0.316. The van der Waals surface area contributed by atoms with Crippen molar-refractivity contribution in [3.05, 3.63) is 34.9 Å². The zero-order valence-electron chi connectivity index (χ0n) is 13.9. The Labute approximate surface area is 149 Å². The van der Waals surface area contributed by atoms with Gasteiger partial charge in [0.05, 0.1) is 5.75 Å². The molecule has 0 aliphatic heterocycles. The molecule has 134 valence electrons. The van der Waals surface area contributed by atoms with E-state index in [-0.39, 0.29) is 5.75 Å². The molecule has 0 saturated heterocycles. The molecule has 1 aliphatic rings. The van der Waals surface area contributed by atoms with Crippen molar-refractivity contribution in [2.24, 2.45) is 10.9 Å². The van der Waals surface area contributed by atoms with Gasteiger partial charge in [-0.05, 0) is 30.4 Å². The lowest BCUT2D eigenvalue weighted by Gasteiger charge is -2.25. The highest BCUT2D eigenvalue weighted by molar-refractivity contribution is 7.89. The Hall–Kier alpha value is -1.31. The molecule has 0 atom stereocenters. The van der Waals surface area contributed by atoms with Gasteiger partial charge in [0.1, 0.15) is 0 Å². The van der Waals surface area contributed by atoms with E-state index >= 15 is 0 Å². The predicted octanol–water partition coefficient (Wildman–Crippen LogP) is 1.72. The summed E-state index contributed by atoms with van der Waals surface area (Å²) in [6.45, 7) is 1.37. The van der Waals surface area contributed by atoms with Crippen LogP contribution in [0.2, 0.25) is 5.02 Å². The second-order valence-corrected chi connectivity index (χ2v) is 8.24. The molecule has 1 fully saturated rings. The predicted molar refractivity (Wildman–Crippen MR) is 98.8 cm³/mol. The van der Waals surface area contributed by atoms with Crippen LogP contribution in [0.4, 0.5) is 0 Å². The molecule has 0 spiro atoms. The van der Waals surface area contributed by atoms with Gasteiger partial charge >= 0.3 is 0 Å². The first kappa shape index (κ1) is 19.0. The third-order valence-corrected chi connectivity index (χ3v) is 5.82. The maximum atomic E-state index is 11.9. The molecule has 3 N–H and O–H groups in total. The standard InChI is InChI=1S/C16H25ClN4O2S/c1-18-16(20-12-14-7-2-3-8-15(14)17)19-9-10-24(22,23)21-11-13-5-4-6-13/h2-3,7-8,13,21H,4-6,9-12H2,1H3,(H2,18,19,20). The highest BCUT2D eigenvalue weighted by Gasteiger charge is 2.20. The van der Waals surface area contributed by atoms with Crippen LogP contribution in [0.3, 0.4) is 0 Å². The van der Waals surface area contributed by atoms with Crippen molar-refractivity contribution in [1.82, 2.24) is 15.4 Å². The third-order valence-electron chi connectivity index (χ3n) is 4.11. The molecule has 8 heteroatoms. The van der Waals surface area contributed by atoms with Crippen LogP contribution in [0.1, 0.15) is 24.8 Å². The zero-order valence-corrected chi connectivity index (χ0v) is 15.5. The Morgan fingerprint density at radius 3 is 2.67 bits per heavy atom. The number of rotatable bonds is 8. The van der Waals surface area contributed by atoms with Gasteiger partial charge in [-0.1, -0.05) is 36.2 Å². The van der Waals surface area contributed by atoms with E-state index < -0.39 is 10.0 Å². The van der Waals surface area contributed by atoms with Crippen LogP contribution in [0.25, 0.3) is 0 Å². The average Bonchev–Trinajstić information content (AvgIpc) is 2.50. The summed E-state index contributed by atoms with van der Waals surface area (Å²) in [4.78, 5) is 4.09. The van der Waals surface area contributed by atoms with Gasteiger partial charge in [-0.3, -0.25) is 4.99 Å². The van der Waals surface area contributed by atoms with Gasteiger partial charge in [0, 0.05) is 31.7 Å². The fourth-order valence-corrected chi connectivity index (χ4v) is 3.57. The molecule has 0 unspecified atom stereocenters. The Balaban J connectivity index is 1.70. The summed E-state index contributed by atoms with van der Waals surface area (Å²) in [5.74, 6) is 1.08. The summed E-state index contributed by atoms with van der Waals surface area (Å²) < 4.78 is 26.6. The van der Waals surface area contributed by atoms with E-state index in [4.69, 9.17) is 11.6 Å². The molecular weight excluding hydrogens is 348 g/mol. The monoisotopic (exact) mass is 372 g/mol. The van der Waals surface area contributed by atoms with Gasteiger partial charge in [0.2, 0.25) is 10.0 Å². The molecule has 0 aromatic heterocycles. The van der Waals surface area contributed by atoms with Gasteiger partial charge < -0.3 is 10.6 Å². The van der Waals surface area contributed by atoms with Gasteiger partial charge in [-0.2, -0.15) is 0 Å². The van der Waals surface area contributed by atoms with Crippen molar-refractivity contribution >= 4 is 27.6 Å². The van der Waals surface area contributed by atoms with E-state index in [2.05, 4.69) is 20.3 Å². The van der Waals surface area contributed by atoms with Crippen molar-refractivity contribution in [3.8, 4) is 0 Å². The van der Waals surface area contributed by atoms with Crippen molar-refractivity contribution < 1.29 is 8.42 Å². The molecule has 0 amide bonds. The molecule has 1 aromatic carbocycles. The van der Waals surface area contributed by atoms with Crippen LogP contribution < -0.4 is 15.4 Å². The Bertz CT molecular complexity index is 660. The van der Waals surface area contributed by atoms with Crippen LogP contribution in [0, 0.1) is 5.92 Å². The Morgan fingerprint density at radius 1 is 1.29 bits per heavy atom. The first-order chi connectivity index (χ1) is 11.5. The number of guanidine groups is 1. The van der Waals surface area contributed by atoms with Crippen molar-refractivity contribution in [1.29, 1.82) is 0 Å². The quantitative estimate of drug-likeness (QED) is 0.479. The van der Waals surface area contributed by atoms with Gasteiger partial charge in [-0.15, -0.1) is 0 Å². The summed E-state index contributed by atoms with van der Waals surface area (Å²) in [5, 5.41) is 6.81. The van der Waals surface area contributed by atoms with Gasteiger partial charge in [0.25, 0.3) is 0 Å². The number of hydrogen-bond acceptors (Lipinski definition) is 3. The summed E-state index contributed by atoms with van der Waals surface area (Å²) in [6.07, 6.45) is 3.46. The number of sulfonamides is 1. The van der Waals surface area contributed by atoms with Crippen molar-refractivity contribution in [2.75, 3.05) is 25.9 Å². The lowest BCUT2D eigenvalue weighted by atomic mass is 9.86. The molecule has 1 saturated carbocycles. The summed E-state index contributed by atoms with van der Waals surface area (Å²) in [7, 11) is -1.60. The highest BCUT2D eigenvalue weighted by Crippen LogP contribution is 2.25. The SMILES string of the molecule is CN=C(NCCS(=O)(=O)NCC1CCC1)NCc1ccccc1Cl. The third kappa shape index (κ3) is 6.30. The van der Waals surface area contributed by atoms with E-state index in [1.54, 1.807) is 7.05 Å². The molecule has 0 heterocycles. The first-order valence-corrected chi connectivity index (χ1v) is 10.2. The van der Waals surface area contributed by atoms with Gasteiger partial charge in [0.15, 0.2) is 5.96 Å². The fourth-order valence-electron chi connectivity index (χ4n) is 2.36. The average molecular weight is 373 g/mol. The zero-order chi connectivity index (χ0) is 17.4. The second-order valence-electron chi connectivity index (χ2n) is 5.91. The number of benzene rings is 1. The smallest absolute Gasteiger partial charge is 0.213 e. The Morgan fingerprint density at radius 2 is 2.04 bits per heavy atom. The summed E-state index contributed by atoms with van der Waals surface area (Å²) >= 11 is 6.10. The minimum atomic E-state index is -3.25. The first-order valence-electron chi connectivity index (χ1n) is 8.15. The molecular formula is C16H25ClN4O2S. The topological polar surface area (TPSA) is 82.6 Å². The molecule has 2 rings (SSSR count). The van der Waals surface area contributed by atoms with Crippen LogP contribution in [0.5, 0.6) is 0 Å². The number of aliphatic imine (C=N–C) groups is 1. The molecule has 0 radical (unpaired) electrons. The van der Waals surface area contributed by atoms with E-state index in [9.17, 15) is 8.42 Å². The molecule has 0 bridgehead atoms. The lowest BCUT2D eigenvalue weighted by Crippen LogP contribution is -2.41. The molecule has 6 nitrogen and oxygen atoms in total. The van der Waals surface area contributed by atoms with E-state index in [1.165, 1.54) is 6.42 Å². The van der Waals surface area contributed by atoms with Gasteiger partial charge in [-0.25, -0.2) is 13.1 Å². The second kappa shape index (κ2) is 9.25.